The van der Waals surface area contributed by atoms with Crippen molar-refractivity contribution in [2.45, 2.75) is 38.5 Å². The molecule has 0 saturated carbocycles. The van der Waals surface area contributed by atoms with Crippen LogP contribution in [0.15, 0.2) is 30.3 Å². The van der Waals surface area contributed by atoms with E-state index in [1.807, 2.05) is 19.1 Å². The van der Waals surface area contributed by atoms with Gasteiger partial charge in [-0.3, -0.25) is 4.90 Å². The predicted octanol–water partition coefficient (Wildman–Crippen LogP) is 5.23. The number of imidazole rings is 1. The zero-order chi connectivity index (χ0) is 23.8. The van der Waals surface area contributed by atoms with Crippen molar-refractivity contribution in [3.63, 3.8) is 0 Å². The largest absolute Gasteiger partial charge is 0.493 e. The summed E-state index contributed by atoms with van der Waals surface area (Å²) in [6, 6.07) is 7.86. The molecule has 33 heavy (non-hydrogen) atoms. The van der Waals surface area contributed by atoms with Gasteiger partial charge in [0.15, 0.2) is 11.5 Å². The van der Waals surface area contributed by atoms with Gasteiger partial charge in [0, 0.05) is 31.2 Å². The van der Waals surface area contributed by atoms with Gasteiger partial charge >= 0.3 is 6.18 Å². The third-order valence-corrected chi connectivity index (χ3v) is 6.30. The Morgan fingerprint density at radius 3 is 2.27 bits per heavy atom. The van der Waals surface area contributed by atoms with Gasteiger partial charge in [-0.05, 0) is 44.0 Å². The Kier molecular flexibility index (Phi) is 6.43. The van der Waals surface area contributed by atoms with E-state index in [2.05, 4.69) is 14.5 Å². The summed E-state index contributed by atoms with van der Waals surface area (Å²) in [7, 11) is 4.79. The maximum Gasteiger partial charge on any atom is 0.416 e. The predicted molar refractivity (Wildman–Crippen MR) is 119 cm³/mol. The summed E-state index contributed by atoms with van der Waals surface area (Å²) in [5.74, 6) is 2.60. The molecule has 0 bridgehead atoms. The number of aromatic nitrogens is 2. The fourth-order valence-electron chi connectivity index (χ4n) is 4.72. The van der Waals surface area contributed by atoms with E-state index in [0.717, 1.165) is 55.0 Å². The second-order valence-electron chi connectivity index (χ2n) is 8.23. The molecular weight excluding hydrogens is 435 g/mol. The van der Waals surface area contributed by atoms with Crippen molar-refractivity contribution in [3.8, 4) is 17.2 Å². The number of alkyl halides is 3. The van der Waals surface area contributed by atoms with Crippen molar-refractivity contribution >= 4 is 11.0 Å². The number of piperidine rings is 1. The highest BCUT2D eigenvalue weighted by Crippen LogP contribution is 2.41. The van der Waals surface area contributed by atoms with E-state index in [4.69, 9.17) is 14.2 Å². The van der Waals surface area contributed by atoms with Crippen LogP contribution in [0.2, 0.25) is 0 Å². The zero-order valence-electron chi connectivity index (χ0n) is 19.2. The summed E-state index contributed by atoms with van der Waals surface area (Å²) in [5, 5.41) is 0. The van der Waals surface area contributed by atoms with Crippen LogP contribution in [-0.4, -0.2) is 48.9 Å². The minimum Gasteiger partial charge on any atom is -0.493 e. The maximum atomic E-state index is 13.1. The van der Waals surface area contributed by atoms with Crippen molar-refractivity contribution < 1.29 is 27.4 Å². The Morgan fingerprint density at radius 2 is 1.67 bits per heavy atom. The molecule has 2 aromatic carbocycles. The number of fused-ring (bicyclic) bond motifs is 1. The molecule has 0 aliphatic carbocycles. The Morgan fingerprint density at radius 1 is 0.970 bits per heavy atom. The number of halogens is 3. The molecule has 0 N–H and O–H groups in total. The number of nitrogens with zero attached hydrogens (tertiary/aromatic N) is 3. The van der Waals surface area contributed by atoms with Crippen LogP contribution in [0.5, 0.6) is 17.2 Å². The summed E-state index contributed by atoms with van der Waals surface area (Å²) in [6.45, 7) is 4.26. The standard InChI is InChI=1S/C24H28F3N3O3/c1-15-28-19-13-17(24(25,26)27)6-7-20(19)30(15)18-9-11-29(12-10-18)14-16-5-8-21(31-2)23(33-4)22(16)32-3/h5-8,13,18H,9-12,14H2,1-4H3. The van der Waals surface area contributed by atoms with E-state index in [0.29, 0.717) is 29.3 Å². The molecule has 2 heterocycles. The second-order valence-corrected chi connectivity index (χ2v) is 8.23. The number of hydrogen-bond donors (Lipinski definition) is 0. The Bertz CT molecular complexity index is 1140. The third-order valence-electron chi connectivity index (χ3n) is 6.30. The number of rotatable bonds is 6. The highest BCUT2D eigenvalue weighted by molar-refractivity contribution is 5.77. The summed E-state index contributed by atoms with van der Waals surface area (Å²) in [6.07, 6.45) is -2.62. The van der Waals surface area contributed by atoms with E-state index in [-0.39, 0.29) is 6.04 Å². The van der Waals surface area contributed by atoms with Crippen LogP contribution >= 0.6 is 0 Å². The van der Waals surface area contributed by atoms with E-state index < -0.39 is 11.7 Å². The first-order chi connectivity index (χ1) is 15.8. The number of benzene rings is 2. The fourth-order valence-corrected chi connectivity index (χ4v) is 4.72. The molecule has 3 aromatic rings. The molecule has 1 saturated heterocycles. The first-order valence-electron chi connectivity index (χ1n) is 10.8. The smallest absolute Gasteiger partial charge is 0.416 e. The van der Waals surface area contributed by atoms with E-state index in [1.54, 1.807) is 27.4 Å². The topological polar surface area (TPSA) is 48.8 Å². The first kappa shape index (κ1) is 23.2. The van der Waals surface area contributed by atoms with Gasteiger partial charge in [-0.25, -0.2) is 4.98 Å². The Hall–Kier alpha value is -2.94. The lowest BCUT2D eigenvalue weighted by Crippen LogP contribution is -2.34. The van der Waals surface area contributed by atoms with Crippen LogP contribution in [0.4, 0.5) is 13.2 Å². The lowest BCUT2D eigenvalue weighted by Gasteiger charge is -2.33. The lowest BCUT2D eigenvalue weighted by molar-refractivity contribution is -0.137. The number of aryl methyl sites for hydroxylation is 1. The molecule has 0 spiro atoms. The van der Waals surface area contributed by atoms with E-state index >= 15 is 0 Å². The average molecular weight is 464 g/mol. The van der Waals surface area contributed by atoms with Gasteiger partial charge in [-0.15, -0.1) is 0 Å². The minimum atomic E-state index is -4.37. The quantitative estimate of drug-likeness (QED) is 0.501. The van der Waals surface area contributed by atoms with Crippen LogP contribution < -0.4 is 14.2 Å². The minimum absolute atomic E-state index is 0.190. The summed E-state index contributed by atoms with van der Waals surface area (Å²) in [4.78, 5) is 6.76. The van der Waals surface area contributed by atoms with Gasteiger partial charge in [0.1, 0.15) is 5.82 Å². The summed E-state index contributed by atoms with van der Waals surface area (Å²) in [5.41, 5.74) is 1.48. The second kappa shape index (κ2) is 9.13. The van der Waals surface area contributed by atoms with Gasteiger partial charge in [0.25, 0.3) is 0 Å². The van der Waals surface area contributed by atoms with Gasteiger partial charge in [-0.1, -0.05) is 6.07 Å². The molecule has 0 radical (unpaired) electrons. The number of hydrogen-bond acceptors (Lipinski definition) is 5. The molecule has 9 heteroatoms. The molecular formula is C24H28F3N3O3. The summed E-state index contributed by atoms with van der Waals surface area (Å²) >= 11 is 0. The van der Waals surface area contributed by atoms with Crippen molar-refractivity contribution in [2.24, 2.45) is 0 Å². The Labute approximate surface area is 190 Å². The average Bonchev–Trinajstić information content (AvgIpc) is 3.13. The van der Waals surface area contributed by atoms with Crippen molar-refractivity contribution in [1.29, 1.82) is 0 Å². The zero-order valence-corrected chi connectivity index (χ0v) is 19.2. The molecule has 0 amide bonds. The number of methoxy groups -OCH3 is 3. The highest BCUT2D eigenvalue weighted by atomic mass is 19.4. The molecule has 178 valence electrons. The fraction of sp³-hybridized carbons (Fsp3) is 0.458. The maximum absolute atomic E-state index is 13.1. The molecule has 4 rings (SSSR count). The highest BCUT2D eigenvalue weighted by Gasteiger charge is 2.32. The molecule has 0 unspecified atom stereocenters. The van der Waals surface area contributed by atoms with E-state index in [1.165, 1.54) is 0 Å². The van der Waals surface area contributed by atoms with Gasteiger partial charge in [-0.2, -0.15) is 13.2 Å². The van der Waals surface area contributed by atoms with Crippen molar-refractivity contribution in [1.82, 2.24) is 14.5 Å². The van der Waals surface area contributed by atoms with Gasteiger partial charge in [0.05, 0.1) is 37.9 Å². The molecule has 1 aliphatic rings. The van der Waals surface area contributed by atoms with E-state index in [9.17, 15) is 13.2 Å². The monoisotopic (exact) mass is 463 g/mol. The van der Waals surface area contributed by atoms with Crippen LogP contribution in [-0.2, 0) is 12.7 Å². The van der Waals surface area contributed by atoms with Crippen LogP contribution in [0.3, 0.4) is 0 Å². The first-order valence-corrected chi connectivity index (χ1v) is 10.8. The molecule has 6 nitrogen and oxygen atoms in total. The lowest BCUT2D eigenvalue weighted by atomic mass is 10.0. The van der Waals surface area contributed by atoms with Crippen molar-refractivity contribution in [2.75, 3.05) is 34.4 Å². The summed E-state index contributed by atoms with van der Waals surface area (Å²) < 4.78 is 57.8. The molecule has 1 fully saturated rings. The molecule has 1 aromatic heterocycles. The van der Waals surface area contributed by atoms with Gasteiger partial charge < -0.3 is 18.8 Å². The van der Waals surface area contributed by atoms with Gasteiger partial charge in [0.2, 0.25) is 5.75 Å². The normalized spacial score (nSPS) is 15.7. The molecule has 1 aliphatic heterocycles. The number of likely N-dealkylation sites (tertiary alicyclic amines) is 1. The van der Waals surface area contributed by atoms with Crippen molar-refractivity contribution in [3.05, 3.63) is 47.3 Å². The third kappa shape index (κ3) is 4.46. The Balaban J connectivity index is 1.50. The van der Waals surface area contributed by atoms with Crippen LogP contribution in [0, 0.1) is 6.92 Å². The van der Waals surface area contributed by atoms with Crippen LogP contribution in [0.1, 0.15) is 35.8 Å². The molecule has 0 atom stereocenters. The van der Waals surface area contributed by atoms with Crippen LogP contribution in [0.25, 0.3) is 11.0 Å². The SMILES string of the molecule is COc1ccc(CN2CCC(n3c(C)nc4cc(C(F)(F)F)ccc43)CC2)c(OC)c1OC. The number of ether oxygens (including phenoxy) is 3.